The SMILES string of the molecule is O=C(O)c1nc(-c2c[nH]c3ccccc23)[nH]c1C1CC1. The Kier molecular flexibility index (Phi) is 2.24. The summed E-state index contributed by atoms with van der Waals surface area (Å²) in [4.78, 5) is 22.0. The van der Waals surface area contributed by atoms with E-state index in [2.05, 4.69) is 15.0 Å². The first-order valence-electron chi connectivity index (χ1n) is 6.63. The van der Waals surface area contributed by atoms with Crippen molar-refractivity contribution in [3.8, 4) is 11.4 Å². The molecule has 3 N–H and O–H groups in total. The number of para-hydroxylation sites is 1. The van der Waals surface area contributed by atoms with Crippen LogP contribution in [-0.2, 0) is 0 Å². The van der Waals surface area contributed by atoms with Crippen LogP contribution in [0.3, 0.4) is 0 Å². The highest BCUT2D eigenvalue weighted by molar-refractivity contribution is 5.95. The largest absolute Gasteiger partial charge is 0.476 e. The highest BCUT2D eigenvalue weighted by atomic mass is 16.4. The van der Waals surface area contributed by atoms with Crippen molar-refractivity contribution in [1.82, 2.24) is 15.0 Å². The van der Waals surface area contributed by atoms with Crippen LogP contribution in [-0.4, -0.2) is 26.0 Å². The fraction of sp³-hybridized carbons (Fsp3) is 0.200. The number of imidazole rings is 1. The number of benzene rings is 1. The molecule has 1 aromatic carbocycles. The first-order valence-corrected chi connectivity index (χ1v) is 6.63. The molecule has 1 aliphatic carbocycles. The number of aromatic nitrogens is 3. The summed E-state index contributed by atoms with van der Waals surface area (Å²) in [6.07, 6.45) is 3.94. The van der Waals surface area contributed by atoms with Gasteiger partial charge in [0.2, 0.25) is 0 Å². The summed E-state index contributed by atoms with van der Waals surface area (Å²) in [7, 11) is 0. The molecule has 0 bridgehead atoms. The van der Waals surface area contributed by atoms with Crippen molar-refractivity contribution in [3.63, 3.8) is 0 Å². The van der Waals surface area contributed by atoms with Crippen LogP contribution < -0.4 is 0 Å². The van der Waals surface area contributed by atoms with Crippen LogP contribution in [0.25, 0.3) is 22.3 Å². The monoisotopic (exact) mass is 267 g/mol. The van der Waals surface area contributed by atoms with Gasteiger partial charge in [-0.2, -0.15) is 0 Å². The normalized spacial score (nSPS) is 14.8. The number of nitrogens with zero attached hydrogens (tertiary/aromatic N) is 1. The molecule has 0 unspecified atom stereocenters. The van der Waals surface area contributed by atoms with E-state index < -0.39 is 5.97 Å². The van der Waals surface area contributed by atoms with Gasteiger partial charge in [-0.1, -0.05) is 18.2 Å². The smallest absolute Gasteiger partial charge is 0.356 e. The van der Waals surface area contributed by atoms with E-state index in [1.807, 2.05) is 30.5 Å². The van der Waals surface area contributed by atoms with Gasteiger partial charge < -0.3 is 15.1 Å². The van der Waals surface area contributed by atoms with Crippen LogP contribution in [0.5, 0.6) is 0 Å². The first kappa shape index (κ1) is 11.3. The van der Waals surface area contributed by atoms with Crippen molar-refractivity contribution in [1.29, 1.82) is 0 Å². The molecular formula is C15H13N3O2. The summed E-state index contributed by atoms with van der Waals surface area (Å²) >= 11 is 0. The lowest BCUT2D eigenvalue weighted by molar-refractivity contribution is 0.0690. The fourth-order valence-electron chi connectivity index (χ4n) is 2.61. The highest BCUT2D eigenvalue weighted by Gasteiger charge is 2.31. The molecule has 0 atom stereocenters. The number of rotatable bonds is 3. The van der Waals surface area contributed by atoms with Crippen molar-refractivity contribution < 1.29 is 9.90 Å². The molecule has 5 heteroatoms. The Morgan fingerprint density at radius 1 is 1.30 bits per heavy atom. The van der Waals surface area contributed by atoms with Crippen LogP contribution >= 0.6 is 0 Å². The standard InChI is InChI=1S/C15H13N3O2/c19-15(20)13-12(8-5-6-8)17-14(18-13)10-7-16-11-4-2-1-3-9(10)11/h1-4,7-8,16H,5-6H2,(H,17,18)(H,19,20). The summed E-state index contributed by atoms with van der Waals surface area (Å²) in [5.41, 5.74) is 2.85. The van der Waals surface area contributed by atoms with Crippen LogP contribution in [0.2, 0.25) is 0 Å². The van der Waals surface area contributed by atoms with E-state index in [9.17, 15) is 9.90 Å². The van der Waals surface area contributed by atoms with Gasteiger partial charge in [0.05, 0.1) is 5.69 Å². The minimum absolute atomic E-state index is 0.160. The topological polar surface area (TPSA) is 81.8 Å². The van der Waals surface area contributed by atoms with Crippen LogP contribution in [0.1, 0.15) is 34.9 Å². The lowest BCUT2D eigenvalue weighted by Crippen LogP contribution is -2.00. The summed E-state index contributed by atoms with van der Waals surface area (Å²) in [6.45, 7) is 0. The molecule has 0 aliphatic heterocycles. The van der Waals surface area contributed by atoms with Crippen molar-refractivity contribution >= 4 is 16.9 Å². The predicted octanol–water partition coefficient (Wildman–Crippen LogP) is 3.13. The van der Waals surface area contributed by atoms with E-state index in [4.69, 9.17) is 0 Å². The van der Waals surface area contributed by atoms with Gasteiger partial charge in [0.25, 0.3) is 0 Å². The van der Waals surface area contributed by atoms with E-state index >= 15 is 0 Å². The summed E-state index contributed by atoms with van der Waals surface area (Å²) < 4.78 is 0. The minimum atomic E-state index is -0.964. The number of carboxylic acid groups (broad SMARTS) is 1. The molecule has 1 fully saturated rings. The Hall–Kier alpha value is -2.56. The van der Waals surface area contributed by atoms with Crippen molar-refractivity contribution in [2.24, 2.45) is 0 Å². The van der Waals surface area contributed by atoms with Crippen LogP contribution in [0.15, 0.2) is 30.5 Å². The molecule has 3 aromatic rings. The highest BCUT2D eigenvalue weighted by Crippen LogP contribution is 2.41. The van der Waals surface area contributed by atoms with Gasteiger partial charge in [-0.3, -0.25) is 0 Å². The third-order valence-corrected chi connectivity index (χ3v) is 3.76. The molecule has 0 spiro atoms. The first-order chi connectivity index (χ1) is 9.74. The van der Waals surface area contributed by atoms with Gasteiger partial charge in [0.1, 0.15) is 5.82 Å². The van der Waals surface area contributed by atoms with Crippen molar-refractivity contribution in [2.45, 2.75) is 18.8 Å². The van der Waals surface area contributed by atoms with Crippen molar-refractivity contribution in [3.05, 3.63) is 41.9 Å². The lowest BCUT2D eigenvalue weighted by atomic mass is 10.2. The average molecular weight is 267 g/mol. The number of hydrogen-bond donors (Lipinski definition) is 3. The van der Waals surface area contributed by atoms with Crippen molar-refractivity contribution in [2.75, 3.05) is 0 Å². The summed E-state index contributed by atoms with van der Waals surface area (Å²) in [5.74, 6) is -0.0106. The Balaban J connectivity index is 1.90. The number of hydrogen-bond acceptors (Lipinski definition) is 2. The molecule has 2 heterocycles. The lowest BCUT2D eigenvalue weighted by Gasteiger charge is -1.94. The van der Waals surface area contributed by atoms with Gasteiger partial charge in [-0.25, -0.2) is 9.78 Å². The van der Waals surface area contributed by atoms with Gasteiger partial charge in [-0.15, -0.1) is 0 Å². The van der Waals surface area contributed by atoms with E-state index in [1.54, 1.807) is 0 Å². The van der Waals surface area contributed by atoms with E-state index in [0.29, 0.717) is 11.7 Å². The number of aromatic amines is 2. The molecule has 0 saturated heterocycles. The van der Waals surface area contributed by atoms with E-state index in [0.717, 1.165) is 35.0 Å². The molecule has 1 saturated carbocycles. The fourth-order valence-corrected chi connectivity index (χ4v) is 2.61. The Morgan fingerprint density at radius 2 is 2.10 bits per heavy atom. The molecule has 100 valence electrons. The number of H-pyrrole nitrogens is 2. The summed E-state index contributed by atoms with van der Waals surface area (Å²) in [6, 6.07) is 7.91. The maximum atomic E-state index is 11.3. The second kappa shape index (κ2) is 3.96. The third-order valence-electron chi connectivity index (χ3n) is 3.76. The molecular weight excluding hydrogens is 254 g/mol. The minimum Gasteiger partial charge on any atom is -0.476 e. The molecule has 5 nitrogen and oxygen atoms in total. The second-order valence-corrected chi connectivity index (χ2v) is 5.18. The molecule has 20 heavy (non-hydrogen) atoms. The zero-order chi connectivity index (χ0) is 13.7. The Morgan fingerprint density at radius 3 is 2.85 bits per heavy atom. The molecule has 0 amide bonds. The number of carbonyl (C=O) groups is 1. The summed E-state index contributed by atoms with van der Waals surface area (Å²) in [5, 5.41) is 10.3. The van der Waals surface area contributed by atoms with Gasteiger partial charge in [0, 0.05) is 28.6 Å². The second-order valence-electron chi connectivity index (χ2n) is 5.18. The van der Waals surface area contributed by atoms with E-state index in [-0.39, 0.29) is 5.69 Å². The number of nitrogens with one attached hydrogen (secondary N) is 2. The van der Waals surface area contributed by atoms with E-state index in [1.165, 1.54) is 0 Å². The van der Waals surface area contributed by atoms with Crippen LogP contribution in [0.4, 0.5) is 0 Å². The quantitative estimate of drug-likeness (QED) is 0.681. The Labute approximate surface area is 114 Å². The maximum Gasteiger partial charge on any atom is 0.356 e. The zero-order valence-corrected chi connectivity index (χ0v) is 10.7. The number of fused-ring (bicyclic) bond motifs is 1. The number of carboxylic acids is 1. The molecule has 0 radical (unpaired) electrons. The molecule has 1 aliphatic rings. The predicted molar refractivity (Wildman–Crippen MR) is 74.8 cm³/mol. The average Bonchev–Trinajstić information content (AvgIpc) is 3.05. The van der Waals surface area contributed by atoms with Gasteiger partial charge in [0.15, 0.2) is 5.69 Å². The number of aromatic carboxylic acids is 1. The van der Waals surface area contributed by atoms with Crippen LogP contribution in [0, 0.1) is 0 Å². The molecule has 2 aromatic heterocycles. The molecule has 4 rings (SSSR count). The zero-order valence-electron chi connectivity index (χ0n) is 10.7. The van der Waals surface area contributed by atoms with Gasteiger partial charge >= 0.3 is 5.97 Å². The Bertz CT molecular complexity index is 812. The maximum absolute atomic E-state index is 11.3. The van der Waals surface area contributed by atoms with Gasteiger partial charge in [-0.05, 0) is 18.9 Å². The third kappa shape index (κ3) is 1.63.